The molecule has 3 nitrogen and oxygen atoms in total. The van der Waals surface area contributed by atoms with Crippen LogP contribution in [0.25, 0.3) is 11.0 Å². The van der Waals surface area contributed by atoms with E-state index in [-0.39, 0.29) is 0 Å². The van der Waals surface area contributed by atoms with Crippen LogP contribution in [0.2, 0.25) is 0 Å². The summed E-state index contributed by atoms with van der Waals surface area (Å²) in [6.07, 6.45) is 1.28. The van der Waals surface area contributed by atoms with Gasteiger partial charge in [-0.25, -0.2) is 0 Å². The molecule has 0 amide bonds. The number of H-pyrrole nitrogens is 1. The number of hydrogen-bond acceptors (Lipinski definition) is 2. The summed E-state index contributed by atoms with van der Waals surface area (Å²) >= 11 is 5.51. The van der Waals surface area contributed by atoms with Gasteiger partial charge in [-0.05, 0) is 69.6 Å². The predicted octanol–water partition coefficient (Wildman–Crippen LogP) is 3.74. The van der Waals surface area contributed by atoms with E-state index < -0.39 is 0 Å². The fraction of sp³-hybridized carbons (Fsp3) is 0.562. The van der Waals surface area contributed by atoms with Crippen molar-refractivity contribution < 1.29 is 0 Å². The van der Waals surface area contributed by atoms with Crippen molar-refractivity contribution in [1.82, 2.24) is 14.5 Å². The van der Waals surface area contributed by atoms with E-state index in [0.717, 1.165) is 16.8 Å². The Bertz CT molecular complexity index is 668. The number of nitrogens with one attached hydrogen (secondary N) is 1. The van der Waals surface area contributed by atoms with Gasteiger partial charge in [-0.1, -0.05) is 6.07 Å². The molecule has 1 aromatic heterocycles. The van der Waals surface area contributed by atoms with Gasteiger partial charge in [-0.3, -0.25) is 0 Å². The van der Waals surface area contributed by atoms with E-state index in [1.165, 1.54) is 30.6 Å². The average Bonchev–Trinajstić information content (AvgIpc) is 2.97. The van der Waals surface area contributed by atoms with Crippen molar-refractivity contribution in [2.24, 2.45) is 5.92 Å². The van der Waals surface area contributed by atoms with Crippen LogP contribution in [-0.2, 0) is 6.54 Å². The van der Waals surface area contributed by atoms with Crippen LogP contribution in [0.1, 0.15) is 25.8 Å². The molecule has 1 aliphatic heterocycles. The lowest BCUT2D eigenvalue weighted by atomic mass is 10.1. The second-order valence-corrected chi connectivity index (χ2v) is 6.69. The molecular weight excluding hydrogens is 266 g/mol. The highest BCUT2D eigenvalue weighted by Crippen LogP contribution is 2.23. The fourth-order valence-corrected chi connectivity index (χ4v) is 3.47. The number of aryl methyl sites for hydroxylation is 1. The average molecular weight is 289 g/mol. The number of aromatic nitrogens is 2. The molecule has 0 radical (unpaired) electrons. The lowest BCUT2D eigenvalue weighted by Gasteiger charge is -2.20. The molecule has 4 heteroatoms. The second-order valence-electron chi connectivity index (χ2n) is 6.30. The maximum absolute atomic E-state index is 5.51. The molecule has 2 aromatic rings. The third-order valence-corrected chi connectivity index (χ3v) is 4.74. The summed E-state index contributed by atoms with van der Waals surface area (Å²) in [6.45, 7) is 10.1. The van der Waals surface area contributed by atoms with Crippen molar-refractivity contribution in [1.29, 1.82) is 0 Å². The van der Waals surface area contributed by atoms with Crippen LogP contribution in [0.15, 0.2) is 18.2 Å². The molecule has 1 N–H and O–H groups in total. The van der Waals surface area contributed by atoms with Gasteiger partial charge in [0.15, 0.2) is 4.77 Å². The van der Waals surface area contributed by atoms with Gasteiger partial charge in [0, 0.05) is 19.1 Å². The number of benzene rings is 1. The smallest absolute Gasteiger partial charge is 0.178 e. The Morgan fingerprint density at radius 1 is 1.40 bits per heavy atom. The van der Waals surface area contributed by atoms with Gasteiger partial charge < -0.3 is 14.5 Å². The topological polar surface area (TPSA) is 24.0 Å². The highest BCUT2D eigenvalue weighted by atomic mass is 32.1. The van der Waals surface area contributed by atoms with Crippen molar-refractivity contribution in [2.45, 2.75) is 39.8 Å². The third-order valence-electron chi connectivity index (χ3n) is 4.42. The van der Waals surface area contributed by atoms with E-state index in [1.54, 1.807) is 0 Å². The van der Waals surface area contributed by atoms with Gasteiger partial charge in [0.2, 0.25) is 0 Å². The summed E-state index contributed by atoms with van der Waals surface area (Å²) in [6, 6.07) is 7.15. The molecule has 0 saturated carbocycles. The van der Waals surface area contributed by atoms with Crippen LogP contribution in [-0.4, -0.2) is 33.6 Å². The predicted molar refractivity (Wildman–Crippen MR) is 86.7 cm³/mol. The fourth-order valence-electron chi connectivity index (χ4n) is 3.18. The van der Waals surface area contributed by atoms with E-state index in [0.29, 0.717) is 12.0 Å². The van der Waals surface area contributed by atoms with Gasteiger partial charge in [-0.15, -0.1) is 0 Å². The molecule has 1 unspecified atom stereocenters. The summed E-state index contributed by atoms with van der Waals surface area (Å²) in [5.41, 5.74) is 3.69. The highest BCUT2D eigenvalue weighted by Gasteiger charge is 2.25. The first-order valence-electron chi connectivity index (χ1n) is 7.48. The van der Waals surface area contributed by atoms with Crippen LogP contribution in [0, 0.1) is 17.6 Å². The normalized spacial score (nSPS) is 20.3. The molecule has 1 fully saturated rings. The van der Waals surface area contributed by atoms with Crippen LogP contribution in [0.5, 0.6) is 0 Å². The number of likely N-dealkylation sites (tertiary alicyclic amines) is 1. The van der Waals surface area contributed by atoms with Crippen LogP contribution >= 0.6 is 12.2 Å². The molecule has 0 bridgehead atoms. The molecule has 108 valence electrons. The molecule has 3 rings (SSSR count). The minimum atomic E-state index is 0.651. The first kappa shape index (κ1) is 13.8. The van der Waals surface area contributed by atoms with E-state index >= 15 is 0 Å². The Labute approximate surface area is 125 Å². The summed E-state index contributed by atoms with van der Waals surface area (Å²) in [5, 5.41) is 0. The maximum Gasteiger partial charge on any atom is 0.178 e. The lowest BCUT2D eigenvalue weighted by molar-refractivity contribution is 0.261. The summed E-state index contributed by atoms with van der Waals surface area (Å²) in [4.78, 5) is 5.89. The number of fused-ring (bicyclic) bond motifs is 1. The van der Waals surface area contributed by atoms with Crippen molar-refractivity contribution in [3.63, 3.8) is 0 Å². The van der Waals surface area contributed by atoms with Crippen LogP contribution in [0.3, 0.4) is 0 Å². The molecule has 0 spiro atoms. The monoisotopic (exact) mass is 289 g/mol. The van der Waals surface area contributed by atoms with E-state index in [1.807, 2.05) is 0 Å². The molecule has 2 heterocycles. The third kappa shape index (κ3) is 2.54. The number of hydrogen-bond donors (Lipinski definition) is 1. The Hall–Kier alpha value is -1.13. The molecule has 0 aliphatic carbocycles. The van der Waals surface area contributed by atoms with Crippen LogP contribution in [0.4, 0.5) is 0 Å². The maximum atomic E-state index is 5.51. The zero-order valence-electron chi connectivity index (χ0n) is 12.5. The Kier molecular flexibility index (Phi) is 3.69. The van der Waals surface area contributed by atoms with E-state index in [2.05, 4.69) is 53.4 Å². The SMILES string of the molecule is Cc1ccc2[nH]c(=S)n(CC3CCN(C(C)C)C3)c2c1. The van der Waals surface area contributed by atoms with Crippen LogP contribution < -0.4 is 0 Å². The number of nitrogens with zero attached hydrogens (tertiary/aromatic N) is 2. The molecule has 20 heavy (non-hydrogen) atoms. The molecule has 1 atom stereocenters. The highest BCUT2D eigenvalue weighted by molar-refractivity contribution is 7.71. The minimum absolute atomic E-state index is 0.651. The molecule has 1 aliphatic rings. The number of rotatable bonds is 3. The quantitative estimate of drug-likeness (QED) is 0.870. The van der Waals surface area contributed by atoms with Crippen molar-refractivity contribution >= 4 is 23.3 Å². The standard InChI is InChI=1S/C16H23N3S/c1-11(2)18-7-6-13(9-18)10-19-15-8-12(3)4-5-14(15)17-16(19)20/h4-5,8,11,13H,6-7,9-10H2,1-3H3,(H,17,20). The van der Waals surface area contributed by atoms with E-state index in [9.17, 15) is 0 Å². The van der Waals surface area contributed by atoms with Gasteiger partial charge in [-0.2, -0.15) is 0 Å². The van der Waals surface area contributed by atoms with E-state index in [4.69, 9.17) is 12.2 Å². The zero-order valence-corrected chi connectivity index (χ0v) is 13.3. The Morgan fingerprint density at radius 3 is 2.90 bits per heavy atom. The second kappa shape index (κ2) is 5.34. The Morgan fingerprint density at radius 2 is 2.20 bits per heavy atom. The number of imidazole rings is 1. The first-order chi connectivity index (χ1) is 9.54. The van der Waals surface area contributed by atoms with Gasteiger partial charge in [0.1, 0.15) is 0 Å². The zero-order chi connectivity index (χ0) is 14.3. The Balaban J connectivity index is 1.86. The molecule has 1 saturated heterocycles. The van der Waals surface area contributed by atoms with Gasteiger partial charge in [0.25, 0.3) is 0 Å². The summed E-state index contributed by atoms with van der Waals surface area (Å²) in [7, 11) is 0. The summed E-state index contributed by atoms with van der Waals surface area (Å²) in [5.74, 6) is 0.712. The summed E-state index contributed by atoms with van der Waals surface area (Å²) < 4.78 is 3.14. The molecule has 1 aromatic carbocycles. The first-order valence-corrected chi connectivity index (χ1v) is 7.88. The molecular formula is C16H23N3S. The van der Waals surface area contributed by atoms with Gasteiger partial charge in [0.05, 0.1) is 11.0 Å². The van der Waals surface area contributed by atoms with Crippen molar-refractivity contribution in [3.05, 3.63) is 28.5 Å². The lowest BCUT2D eigenvalue weighted by Crippen LogP contribution is -2.28. The van der Waals surface area contributed by atoms with Crippen molar-refractivity contribution in [3.8, 4) is 0 Å². The van der Waals surface area contributed by atoms with Crippen molar-refractivity contribution in [2.75, 3.05) is 13.1 Å². The largest absolute Gasteiger partial charge is 0.331 e. The van der Waals surface area contributed by atoms with Gasteiger partial charge >= 0.3 is 0 Å². The minimum Gasteiger partial charge on any atom is -0.331 e. The number of aromatic amines is 1.